The predicted molar refractivity (Wildman–Crippen MR) is 140 cm³/mol. The van der Waals surface area contributed by atoms with Crippen LogP contribution in [0.2, 0.25) is 0 Å². The van der Waals surface area contributed by atoms with E-state index >= 15 is 0 Å². The fourth-order valence-electron chi connectivity index (χ4n) is 6.16. The molecule has 6 rings (SSSR count). The Kier molecular flexibility index (Phi) is 6.56. The Morgan fingerprint density at radius 3 is 2.72 bits per heavy atom. The molecule has 3 aliphatic heterocycles. The summed E-state index contributed by atoms with van der Waals surface area (Å²) in [5, 5.41) is 5.97. The normalized spacial score (nSPS) is 25.9. The molecule has 192 valence electrons. The molecule has 3 atom stereocenters. The summed E-state index contributed by atoms with van der Waals surface area (Å²) in [7, 11) is 1.71. The highest BCUT2D eigenvalue weighted by atomic mass is 79.9. The molecule has 3 aliphatic rings. The molecule has 1 aromatic heterocycles. The van der Waals surface area contributed by atoms with E-state index < -0.39 is 5.41 Å². The van der Waals surface area contributed by atoms with Gasteiger partial charge in [-0.05, 0) is 61.9 Å². The lowest BCUT2D eigenvalue weighted by Gasteiger charge is -2.49. The van der Waals surface area contributed by atoms with E-state index in [4.69, 9.17) is 19.3 Å². The first-order valence-corrected chi connectivity index (χ1v) is 13.7. The minimum absolute atomic E-state index is 0.00259. The van der Waals surface area contributed by atoms with Gasteiger partial charge in [0.2, 0.25) is 0 Å². The zero-order valence-electron chi connectivity index (χ0n) is 20.9. The van der Waals surface area contributed by atoms with Gasteiger partial charge in [-0.25, -0.2) is 4.68 Å². The molecule has 3 aromatic rings. The van der Waals surface area contributed by atoms with Crippen LogP contribution in [0.4, 0.5) is 4.39 Å². The van der Waals surface area contributed by atoms with Crippen LogP contribution in [0.15, 0.2) is 41.0 Å². The summed E-state index contributed by atoms with van der Waals surface area (Å²) < 4.78 is 34.6. The smallest absolute Gasteiger partial charge is 0.150 e. The molecule has 0 radical (unpaired) electrons. The molecule has 36 heavy (non-hydrogen) atoms. The molecule has 1 unspecified atom stereocenters. The van der Waals surface area contributed by atoms with Gasteiger partial charge in [0.1, 0.15) is 12.4 Å². The van der Waals surface area contributed by atoms with E-state index in [0.29, 0.717) is 19.8 Å². The van der Waals surface area contributed by atoms with Gasteiger partial charge in [0.05, 0.1) is 43.5 Å². The van der Waals surface area contributed by atoms with Crippen molar-refractivity contribution in [3.8, 4) is 5.75 Å². The van der Waals surface area contributed by atoms with Crippen molar-refractivity contribution in [2.45, 2.75) is 50.9 Å². The molecular weight excluding hydrogens is 525 g/mol. The summed E-state index contributed by atoms with van der Waals surface area (Å²) in [5.74, 6) is 0.824. The summed E-state index contributed by atoms with van der Waals surface area (Å²) in [6.07, 6.45) is 6.15. The third-order valence-corrected chi connectivity index (χ3v) is 8.65. The van der Waals surface area contributed by atoms with E-state index in [1.807, 2.05) is 12.3 Å². The lowest BCUT2D eigenvalue weighted by atomic mass is 9.79. The van der Waals surface area contributed by atoms with Crippen molar-refractivity contribution >= 4 is 26.8 Å². The average molecular weight is 558 g/mol. The zero-order chi connectivity index (χ0) is 24.9. The van der Waals surface area contributed by atoms with Crippen molar-refractivity contribution in [3.63, 3.8) is 0 Å². The van der Waals surface area contributed by atoms with Gasteiger partial charge in [-0.15, -0.1) is 0 Å². The fourth-order valence-corrected chi connectivity index (χ4v) is 6.50. The van der Waals surface area contributed by atoms with Gasteiger partial charge < -0.3 is 14.2 Å². The topological polar surface area (TPSA) is 48.8 Å². The number of hydrogen-bond donors (Lipinski definition) is 0. The summed E-state index contributed by atoms with van der Waals surface area (Å²) in [6, 6.07) is 10.8. The average Bonchev–Trinajstić information content (AvgIpc) is 3.32. The molecule has 2 aromatic carbocycles. The maximum absolute atomic E-state index is 14.2. The molecule has 2 saturated heterocycles. The van der Waals surface area contributed by atoms with Crippen LogP contribution in [-0.4, -0.2) is 60.9 Å². The second-order valence-electron chi connectivity index (χ2n) is 10.6. The van der Waals surface area contributed by atoms with E-state index in [2.05, 4.69) is 56.7 Å². The number of benzene rings is 2. The highest BCUT2D eigenvalue weighted by Gasteiger charge is 2.45. The Morgan fingerprint density at radius 2 is 2.03 bits per heavy atom. The van der Waals surface area contributed by atoms with Crippen LogP contribution in [0, 0.1) is 5.41 Å². The number of fused-ring (bicyclic) bond motifs is 3. The molecule has 0 saturated carbocycles. The molecule has 2 fully saturated rings. The van der Waals surface area contributed by atoms with Crippen LogP contribution in [-0.2, 0) is 15.9 Å². The van der Waals surface area contributed by atoms with Crippen LogP contribution in [0.1, 0.15) is 55.1 Å². The molecule has 0 N–H and O–H groups in total. The molecule has 0 amide bonds. The highest BCUT2D eigenvalue weighted by molar-refractivity contribution is 9.10. The number of aromatic nitrogens is 2. The number of hydrogen-bond acceptors (Lipinski definition) is 5. The Labute approximate surface area is 219 Å². The van der Waals surface area contributed by atoms with Crippen molar-refractivity contribution in [1.82, 2.24) is 14.7 Å². The Bertz CT molecular complexity index is 1250. The van der Waals surface area contributed by atoms with Crippen LogP contribution in [0.5, 0.6) is 5.75 Å². The first-order valence-electron chi connectivity index (χ1n) is 12.9. The van der Waals surface area contributed by atoms with Gasteiger partial charge in [0.15, 0.2) is 6.23 Å². The maximum atomic E-state index is 14.2. The predicted octanol–water partition coefficient (Wildman–Crippen LogP) is 5.83. The van der Waals surface area contributed by atoms with Crippen molar-refractivity contribution in [2.24, 2.45) is 5.41 Å². The third-order valence-electron chi connectivity index (χ3n) is 8.16. The van der Waals surface area contributed by atoms with Gasteiger partial charge >= 0.3 is 0 Å². The SMILES string of the molecule is COc1cc(Br)ccc1[C@@H]1c2ccc3c(cnn3C3CCCCO3)c2C[C@@H](C)N1CC1(CF)COC1. The van der Waals surface area contributed by atoms with E-state index in [9.17, 15) is 4.39 Å². The largest absolute Gasteiger partial charge is 0.496 e. The van der Waals surface area contributed by atoms with Gasteiger partial charge in [-0.3, -0.25) is 9.29 Å². The second kappa shape index (κ2) is 9.71. The fraction of sp³-hybridized carbons (Fsp3) is 0.536. The number of rotatable bonds is 6. The molecule has 0 spiro atoms. The first-order chi connectivity index (χ1) is 17.5. The summed E-state index contributed by atoms with van der Waals surface area (Å²) >= 11 is 3.59. The van der Waals surface area contributed by atoms with Crippen molar-refractivity contribution in [2.75, 3.05) is 40.1 Å². The standard InChI is InChI=1S/C28H33BrFN3O3/c1-18-11-22-20(8-9-24-23(22)13-31-33(24)26-5-3-4-10-36-26)27(21-7-6-19(29)12-25(21)34-2)32(18)15-28(14-30)16-35-17-28/h6-9,12-13,18,26-27H,3-5,10-11,14-17H2,1-2H3/t18-,26?,27+/m1/s1. The van der Waals surface area contributed by atoms with Gasteiger partial charge in [-0.2, -0.15) is 5.10 Å². The van der Waals surface area contributed by atoms with Crippen molar-refractivity contribution < 1.29 is 18.6 Å². The summed E-state index contributed by atoms with van der Waals surface area (Å²) in [6.45, 7) is 4.24. The van der Waals surface area contributed by atoms with E-state index in [-0.39, 0.29) is 25.0 Å². The zero-order valence-corrected chi connectivity index (χ0v) is 22.5. The molecule has 6 nitrogen and oxygen atoms in total. The maximum Gasteiger partial charge on any atom is 0.150 e. The second-order valence-corrected chi connectivity index (χ2v) is 11.5. The van der Waals surface area contributed by atoms with Crippen molar-refractivity contribution in [1.29, 1.82) is 0 Å². The van der Waals surface area contributed by atoms with Crippen LogP contribution in [0.3, 0.4) is 0 Å². The minimum Gasteiger partial charge on any atom is -0.496 e. The Hall–Kier alpha value is -2.00. The summed E-state index contributed by atoms with van der Waals surface area (Å²) in [4.78, 5) is 2.46. The lowest BCUT2D eigenvalue weighted by Crippen LogP contribution is -2.56. The lowest BCUT2D eigenvalue weighted by molar-refractivity contribution is -0.143. The third kappa shape index (κ3) is 4.06. The number of nitrogens with zero attached hydrogens (tertiary/aromatic N) is 3. The molecule has 4 heterocycles. The Morgan fingerprint density at radius 1 is 1.19 bits per heavy atom. The Balaban J connectivity index is 1.48. The highest BCUT2D eigenvalue weighted by Crippen LogP contribution is 2.46. The minimum atomic E-state index is -0.445. The van der Waals surface area contributed by atoms with E-state index in [0.717, 1.165) is 53.6 Å². The monoisotopic (exact) mass is 557 g/mol. The van der Waals surface area contributed by atoms with Crippen LogP contribution < -0.4 is 4.74 Å². The van der Waals surface area contributed by atoms with Crippen LogP contribution >= 0.6 is 15.9 Å². The number of halogens is 2. The number of methoxy groups -OCH3 is 1. The van der Waals surface area contributed by atoms with Gasteiger partial charge in [-0.1, -0.05) is 28.1 Å². The molecular formula is C28H33BrFN3O3. The summed E-state index contributed by atoms with van der Waals surface area (Å²) in [5.41, 5.74) is 4.31. The van der Waals surface area contributed by atoms with E-state index in [1.54, 1.807) is 7.11 Å². The molecule has 0 bridgehead atoms. The van der Waals surface area contributed by atoms with Crippen molar-refractivity contribution in [3.05, 3.63) is 57.7 Å². The molecule has 8 heteroatoms. The first kappa shape index (κ1) is 24.3. The quantitative estimate of drug-likeness (QED) is 0.381. The van der Waals surface area contributed by atoms with E-state index in [1.165, 1.54) is 16.5 Å². The number of ether oxygens (including phenoxy) is 3. The van der Waals surface area contributed by atoms with Gasteiger partial charge in [0.25, 0.3) is 0 Å². The van der Waals surface area contributed by atoms with Crippen LogP contribution in [0.25, 0.3) is 10.9 Å². The molecule has 0 aliphatic carbocycles. The van der Waals surface area contributed by atoms with Gasteiger partial charge in [0, 0.05) is 34.6 Å². The number of alkyl halides is 1.